The van der Waals surface area contributed by atoms with E-state index in [1.165, 1.54) is 11.1 Å². The fourth-order valence-corrected chi connectivity index (χ4v) is 4.07. The molecule has 0 spiro atoms. The number of nitrogens with zero attached hydrogens (tertiary/aromatic N) is 1. The molecule has 1 aliphatic rings. The molecule has 3 heteroatoms. The molecule has 0 saturated heterocycles. The minimum Gasteiger partial charge on any atom is -0.439 e. The van der Waals surface area contributed by atoms with E-state index in [2.05, 4.69) is 23.2 Å². The van der Waals surface area contributed by atoms with Crippen LogP contribution >= 0.6 is 0 Å². The van der Waals surface area contributed by atoms with Crippen LogP contribution in [0.3, 0.4) is 0 Å². The number of pyridine rings is 1. The molecule has 0 radical (unpaired) electrons. The lowest BCUT2D eigenvalue weighted by atomic mass is 9.95. The van der Waals surface area contributed by atoms with Gasteiger partial charge in [0.05, 0.1) is 11.6 Å². The first-order chi connectivity index (χ1) is 13.8. The first-order valence-electron chi connectivity index (χ1n) is 9.65. The summed E-state index contributed by atoms with van der Waals surface area (Å²) in [6, 6.07) is 28.2. The Morgan fingerprint density at radius 1 is 0.893 bits per heavy atom. The van der Waals surface area contributed by atoms with Gasteiger partial charge in [-0.05, 0) is 59.7 Å². The Kier molecular flexibility index (Phi) is 4.30. The number of rotatable bonds is 4. The van der Waals surface area contributed by atoms with Crippen molar-refractivity contribution in [3.63, 3.8) is 0 Å². The monoisotopic (exact) mass is 367 g/mol. The van der Waals surface area contributed by atoms with Crippen LogP contribution in [0, 0.1) is 5.92 Å². The first-order valence-corrected chi connectivity index (χ1v) is 9.65. The lowest BCUT2D eigenvalue weighted by Crippen LogP contribution is -2.10. The lowest BCUT2D eigenvalue weighted by Gasteiger charge is -2.15. The van der Waals surface area contributed by atoms with E-state index in [1.807, 2.05) is 66.7 Å². The van der Waals surface area contributed by atoms with Gasteiger partial charge in [-0.1, -0.05) is 54.6 Å². The van der Waals surface area contributed by atoms with E-state index in [0.717, 1.165) is 29.3 Å². The van der Waals surface area contributed by atoms with Crippen molar-refractivity contribution in [2.45, 2.75) is 18.9 Å². The second-order valence-corrected chi connectivity index (χ2v) is 7.40. The molecule has 3 aromatic carbocycles. The van der Waals surface area contributed by atoms with E-state index in [0.29, 0.717) is 11.6 Å². The van der Waals surface area contributed by atoms with Crippen LogP contribution in [0.2, 0.25) is 0 Å². The summed E-state index contributed by atoms with van der Waals surface area (Å²) in [6.07, 6.45) is 1.29. The molecule has 0 bridgehead atoms. The highest BCUT2D eigenvalue weighted by Gasteiger charge is 2.31. The number of hydrogen-bond donors (Lipinski definition) is 1. The van der Waals surface area contributed by atoms with Crippen molar-refractivity contribution in [3.05, 3.63) is 102 Å². The summed E-state index contributed by atoms with van der Waals surface area (Å²) in [5, 5.41) is 11.9. The van der Waals surface area contributed by atoms with Crippen molar-refractivity contribution in [1.29, 1.82) is 0 Å². The number of aromatic nitrogens is 1. The molecule has 0 aliphatic heterocycles. The summed E-state index contributed by atoms with van der Waals surface area (Å²) in [7, 11) is 0. The second kappa shape index (κ2) is 7.10. The number of benzene rings is 3. The van der Waals surface area contributed by atoms with E-state index in [-0.39, 0.29) is 5.92 Å². The van der Waals surface area contributed by atoms with Crippen molar-refractivity contribution in [3.8, 4) is 11.6 Å². The van der Waals surface area contributed by atoms with Crippen LogP contribution in [-0.4, -0.2) is 10.1 Å². The molecule has 1 aromatic heterocycles. The molecule has 1 heterocycles. The summed E-state index contributed by atoms with van der Waals surface area (Å²) < 4.78 is 5.99. The predicted molar refractivity (Wildman–Crippen MR) is 111 cm³/mol. The Balaban J connectivity index is 1.36. The van der Waals surface area contributed by atoms with Gasteiger partial charge in [0, 0.05) is 11.5 Å². The summed E-state index contributed by atoms with van der Waals surface area (Å²) >= 11 is 0. The number of aliphatic hydroxyl groups is 1. The zero-order chi connectivity index (χ0) is 18.9. The van der Waals surface area contributed by atoms with Crippen molar-refractivity contribution < 1.29 is 9.84 Å². The third-order valence-electron chi connectivity index (χ3n) is 5.50. The topological polar surface area (TPSA) is 42.4 Å². The highest BCUT2D eigenvalue weighted by atomic mass is 16.5. The SMILES string of the molecule is O[C@H]1c2cc(Oc3ccc4ccccc4n3)ccc2C[C@H]1Cc1ccccc1. The second-order valence-electron chi connectivity index (χ2n) is 7.40. The number of fused-ring (bicyclic) bond motifs is 2. The molecule has 3 nitrogen and oxygen atoms in total. The standard InChI is InChI=1S/C25H21NO2/c27-25-20(14-17-6-2-1-3-7-17)15-19-10-12-21(16-22(19)25)28-24-13-11-18-8-4-5-9-23(18)26-24/h1-13,16,20,25,27H,14-15H2/t20-,25-/m1/s1. The number of ether oxygens (including phenoxy) is 1. The molecule has 0 unspecified atom stereocenters. The molecule has 0 amide bonds. The molecule has 28 heavy (non-hydrogen) atoms. The third-order valence-corrected chi connectivity index (χ3v) is 5.50. The van der Waals surface area contributed by atoms with Gasteiger partial charge in [0.2, 0.25) is 5.88 Å². The minimum absolute atomic E-state index is 0.200. The average Bonchev–Trinajstić information content (AvgIpc) is 3.04. The summed E-state index contributed by atoms with van der Waals surface area (Å²) in [5.41, 5.74) is 4.34. The van der Waals surface area contributed by atoms with Crippen LogP contribution < -0.4 is 4.74 Å². The highest BCUT2D eigenvalue weighted by molar-refractivity contribution is 5.78. The smallest absolute Gasteiger partial charge is 0.219 e. The Labute approximate surface area is 164 Å². The van der Waals surface area contributed by atoms with Crippen LogP contribution in [0.15, 0.2) is 84.9 Å². The third kappa shape index (κ3) is 3.25. The van der Waals surface area contributed by atoms with Crippen molar-refractivity contribution in [1.82, 2.24) is 4.98 Å². The normalized spacial score (nSPS) is 18.2. The quantitative estimate of drug-likeness (QED) is 0.520. The number of aliphatic hydroxyl groups excluding tert-OH is 1. The predicted octanol–water partition coefficient (Wildman–Crippen LogP) is 5.48. The van der Waals surface area contributed by atoms with Gasteiger partial charge in [-0.3, -0.25) is 0 Å². The fourth-order valence-electron chi connectivity index (χ4n) is 4.07. The number of hydrogen-bond acceptors (Lipinski definition) is 3. The first kappa shape index (κ1) is 17.0. The molecular formula is C25H21NO2. The van der Waals surface area contributed by atoms with Gasteiger partial charge in [-0.25, -0.2) is 4.98 Å². The van der Waals surface area contributed by atoms with E-state index < -0.39 is 6.10 Å². The van der Waals surface area contributed by atoms with Gasteiger partial charge in [0.25, 0.3) is 0 Å². The zero-order valence-corrected chi connectivity index (χ0v) is 15.5. The van der Waals surface area contributed by atoms with E-state index in [4.69, 9.17) is 4.74 Å². The fraction of sp³-hybridized carbons (Fsp3) is 0.160. The molecule has 0 fully saturated rings. The molecule has 1 N–H and O–H groups in total. The molecule has 2 atom stereocenters. The van der Waals surface area contributed by atoms with Gasteiger partial charge in [0.15, 0.2) is 0 Å². The Morgan fingerprint density at radius 3 is 2.61 bits per heavy atom. The molecule has 138 valence electrons. The maximum atomic E-state index is 10.9. The Bertz CT molecular complexity index is 1120. The van der Waals surface area contributed by atoms with Gasteiger partial charge >= 0.3 is 0 Å². The van der Waals surface area contributed by atoms with Crippen molar-refractivity contribution in [2.75, 3.05) is 0 Å². The summed E-state index contributed by atoms with van der Waals surface area (Å²) in [4.78, 5) is 4.57. The Hall–Kier alpha value is -3.17. The molecule has 4 aromatic rings. The van der Waals surface area contributed by atoms with E-state index in [1.54, 1.807) is 0 Å². The molecular weight excluding hydrogens is 346 g/mol. The van der Waals surface area contributed by atoms with Crippen LogP contribution in [0.25, 0.3) is 10.9 Å². The van der Waals surface area contributed by atoms with Crippen LogP contribution in [-0.2, 0) is 12.8 Å². The highest BCUT2D eigenvalue weighted by Crippen LogP contribution is 2.40. The maximum Gasteiger partial charge on any atom is 0.219 e. The van der Waals surface area contributed by atoms with Gasteiger partial charge in [-0.2, -0.15) is 0 Å². The van der Waals surface area contributed by atoms with E-state index in [9.17, 15) is 5.11 Å². The number of para-hydroxylation sites is 1. The van der Waals surface area contributed by atoms with Crippen LogP contribution in [0.4, 0.5) is 0 Å². The Morgan fingerprint density at radius 2 is 1.71 bits per heavy atom. The van der Waals surface area contributed by atoms with Crippen molar-refractivity contribution in [2.24, 2.45) is 5.92 Å². The minimum atomic E-state index is -0.469. The van der Waals surface area contributed by atoms with Crippen molar-refractivity contribution >= 4 is 10.9 Å². The van der Waals surface area contributed by atoms with E-state index >= 15 is 0 Å². The van der Waals surface area contributed by atoms with Crippen LogP contribution in [0.1, 0.15) is 22.8 Å². The van der Waals surface area contributed by atoms with Crippen LogP contribution in [0.5, 0.6) is 11.6 Å². The average molecular weight is 367 g/mol. The molecule has 5 rings (SSSR count). The van der Waals surface area contributed by atoms with Gasteiger partial charge in [-0.15, -0.1) is 0 Å². The maximum absolute atomic E-state index is 10.9. The molecule has 1 aliphatic carbocycles. The summed E-state index contributed by atoms with van der Waals surface area (Å²) in [6.45, 7) is 0. The lowest BCUT2D eigenvalue weighted by molar-refractivity contribution is 0.123. The zero-order valence-electron chi connectivity index (χ0n) is 15.5. The summed E-state index contributed by atoms with van der Waals surface area (Å²) in [5.74, 6) is 1.47. The molecule has 0 saturated carbocycles. The van der Waals surface area contributed by atoms with Gasteiger partial charge in [0.1, 0.15) is 5.75 Å². The van der Waals surface area contributed by atoms with Gasteiger partial charge < -0.3 is 9.84 Å². The largest absolute Gasteiger partial charge is 0.439 e.